The predicted molar refractivity (Wildman–Crippen MR) is 48.3 cm³/mol. The molecule has 0 fully saturated rings. The van der Waals surface area contributed by atoms with Gasteiger partial charge < -0.3 is 19.8 Å². The van der Waals surface area contributed by atoms with E-state index in [9.17, 15) is 4.57 Å². The summed E-state index contributed by atoms with van der Waals surface area (Å²) in [5, 5.41) is 14.1. The van der Waals surface area contributed by atoms with E-state index in [1.807, 2.05) is 0 Å². The Morgan fingerprint density at radius 1 is 1.08 bits per heavy atom. The number of hydrogen-bond acceptors (Lipinski definition) is 3. The van der Waals surface area contributed by atoms with Crippen LogP contribution in [0.2, 0.25) is 0 Å². The van der Waals surface area contributed by atoms with Crippen molar-refractivity contribution in [1.82, 2.24) is 0 Å². The van der Waals surface area contributed by atoms with Gasteiger partial charge >= 0.3 is 15.3 Å². The Morgan fingerprint density at radius 2 is 1.46 bits per heavy atom. The molecule has 7 heteroatoms. The third-order valence-electron chi connectivity index (χ3n) is 1.09. The van der Waals surface area contributed by atoms with E-state index in [0.29, 0.717) is 0 Å². The molecule has 0 bridgehead atoms. The summed E-state index contributed by atoms with van der Waals surface area (Å²) in [4.78, 5) is 17.2. The Labute approximate surface area is 76.1 Å². The highest BCUT2D eigenvalue weighted by Gasteiger charge is 2.14. The molecule has 0 amide bonds. The number of rotatable bonds is 1. The van der Waals surface area contributed by atoms with Crippen molar-refractivity contribution in [3.05, 3.63) is 30.3 Å². The smallest absolute Gasteiger partial charge is 0.429 e. The molecule has 0 aliphatic heterocycles. The SMILES string of the molecule is O=P(O)(O)c1ccccc1.O[B]O. The van der Waals surface area contributed by atoms with Crippen molar-refractivity contribution in [2.75, 3.05) is 0 Å². The van der Waals surface area contributed by atoms with Gasteiger partial charge in [-0.1, -0.05) is 18.2 Å². The van der Waals surface area contributed by atoms with Gasteiger partial charge in [-0.3, -0.25) is 4.57 Å². The van der Waals surface area contributed by atoms with Crippen molar-refractivity contribution in [1.29, 1.82) is 0 Å². The Hall–Kier alpha value is -0.645. The highest BCUT2D eigenvalue weighted by molar-refractivity contribution is 7.60. The van der Waals surface area contributed by atoms with Gasteiger partial charge in [-0.25, -0.2) is 0 Å². The lowest BCUT2D eigenvalue weighted by molar-refractivity contribution is 0.387. The maximum atomic E-state index is 10.5. The zero-order chi connectivity index (χ0) is 10.3. The van der Waals surface area contributed by atoms with Crippen molar-refractivity contribution < 1.29 is 24.4 Å². The zero-order valence-corrected chi connectivity index (χ0v) is 7.50. The largest absolute Gasteiger partial charge is 0.482 e. The summed E-state index contributed by atoms with van der Waals surface area (Å²) >= 11 is 0. The van der Waals surface area contributed by atoms with Crippen LogP contribution in [0.4, 0.5) is 0 Å². The van der Waals surface area contributed by atoms with Gasteiger partial charge in [-0.2, -0.15) is 0 Å². The molecule has 0 aromatic heterocycles. The van der Waals surface area contributed by atoms with Crippen LogP contribution in [0, 0.1) is 0 Å². The molecular weight excluding hydrogens is 194 g/mol. The maximum Gasteiger partial charge on any atom is 0.482 e. The lowest BCUT2D eigenvalue weighted by atomic mass is 10.4. The van der Waals surface area contributed by atoms with E-state index in [1.54, 1.807) is 18.2 Å². The molecule has 0 spiro atoms. The van der Waals surface area contributed by atoms with E-state index in [4.69, 9.17) is 19.8 Å². The van der Waals surface area contributed by atoms with E-state index >= 15 is 0 Å². The Morgan fingerprint density at radius 3 is 1.69 bits per heavy atom. The zero-order valence-electron chi connectivity index (χ0n) is 6.61. The fourth-order valence-corrected chi connectivity index (χ4v) is 1.18. The molecule has 5 nitrogen and oxygen atoms in total. The summed E-state index contributed by atoms with van der Waals surface area (Å²) < 4.78 is 10.5. The molecule has 4 N–H and O–H groups in total. The van der Waals surface area contributed by atoms with Crippen LogP contribution in [0.3, 0.4) is 0 Å². The number of hydrogen-bond donors (Lipinski definition) is 4. The van der Waals surface area contributed by atoms with Crippen molar-refractivity contribution in [2.45, 2.75) is 0 Å². The average molecular weight is 203 g/mol. The molecule has 13 heavy (non-hydrogen) atoms. The lowest BCUT2D eigenvalue weighted by Crippen LogP contribution is -2.01. The minimum atomic E-state index is -4.02. The van der Waals surface area contributed by atoms with Crippen LogP contribution in [-0.4, -0.2) is 27.5 Å². The molecule has 1 rings (SSSR count). The fourth-order valence-electron chi connectivity index (χ4n) is 0.622. The van der Waals surface area contributed by atoms with Crippen molar-refractivity contribution in [3.63, 3.8) is 0 Å². The second-order valence-electron chi connectivity index (χ2n) is 2.00. The number of benzene rings is 1. The van der Waals surface area contributed by atoms with Crippen molar-refractivity contribution >= 4 is 20.6 Å². The van der Waals surface area contributed by atoms with Gasteiger partial charge in [-0.15, -0.1) is 0 Å². The summed E-state index contributed by atoms with van der Waals surface area (Å²) in [5.74, 6) is 0. The van der Waals surface area contributed by atoms with Gasteiger partial charge in [-0.05, 0) is 12.1 Å². The first-order chi connectivity index (χ1) is 6.02. The quantitative estimate of drug-likeness (QED) is 0.346. The third kappa shape index (κ3) is 5.57. The lowest BCUT2D eigenvalue weighted by Gasteiger charge is -2.00. The Bertz CT molecular complexity index is 272. The predicted octanol–water partition coefficient (Wildman–Crippen LogP) is -1.01. The van der Waals surface area contributed by atoms with Gasteiger partial charge in [0.15, 0.2) is 0 Å². The third-order valence-corrected chi connectivity index (χ3v) is 2.06. The van der Waals surface area contributed by atoms with Crippen LogP contribution < -0.4 is 5.30 Å². The minimum absolute atomic E-state index is 0. The van der Waals surface area contributed by atoms with Gasteiger partial charge in [0.25, 0.3) is 0 Å². The van der Waals surface area contributed by atoms with E-state index in [0.717, 1.165) is 0 Å². The first kappa shape index (κ1) is 12.4. The second kappa shape index (κ2) is 5.91. The second-order valence-corrected chi connectivity index (χ2v) is 3.60. The molecule has 1 radical (unpaired) electrons. The van der Waals surface area contributed by atoms with Crippen LogP contribution in [-0.2, 0) is 4.57 Å². The van der Waals surface area contributed by atoms with Crippen LogP contribution in [0.1, 0.15) is 0 Å². The molecule has 71 valence electrons. The molecule has 0 unspecified atom stereocenters. The molecule has 0 heterocycles. The monoisotopic (exact) mass is 203 g/mol. The minimum Gasteiger partial charge on any atom is -0.429 e. The fraction of sp³-hybridized carbons (Fsp3) is 0. The van der Waals surface area contributed by atoms with Crippen LogP contribution in [0.15, 0.2) is 30.3 Å². The molecule has 0 aliphatic carbocycles. The summed E-state index contributed by atoms with van der Waals surface area (Å²) in [5.41, 5.74) is 0. The molecule has 1 aromatic carbocycles. The summed E-state index contributed by atoms with van der Waals surface area (Å²) in [6.45, 7) is 0. The van der Waals surface area contributed by atoms with Crippen LogP contribution in [0.5, 0.6) is 0 Å². The van der Waals surface area contributed by atoms with Gasteiger partial charge in [0, 0.05) is 0 Å². The normalized spacial score (nSPS) is 9.85. The van der Waals surface area contributed by atoms with Gasteiger partial charge in [0.2, 0.25) is 0 Å². The molecular formula is C6H9BO5P. The molecule has 0 aliphatic rings. The average Bonchev–Trinajstić information content (AvgIpc) is 2.06. The highest BCUT2D eigenvalue weighted by atomic mass is 31.2. The molecule has 0 saturated heterocycles. The standard InChI is InChI=1S/C6H7O3P.BH2O2/c7-10(8,9)6-4-2-1-3-5-6;2-1-3/h1-5H,(H2,7,8,9);2-3H. The Balaban J connectivity index is 0.000000424. The van der Waals surface area contributed by atoms with Gasteiger partial charge in [0.1, 0.15) is 0 Å². The summed E-state index contributed by atoms with van der Waals surface area (Å²) in [6, 6.07) is 7.70. The molecule has 0 saturated carbocycles. The first-order valence-electron chi connectivity index (χ1n) is 3.23. The van der Waals surface area contributed by atoms with Crippen LogP contribution >= 0.6 is 7.60 Å². The topological polar surface area (TPSA) is 98.0 Å². The van der Waals surface area contributed by atoms with E-state index < -0.39 is 7.60 Å². The van der Waals surface area contributed by atoms with Crippen molar-refractivity contribution in [2.24, 2.45) is 0 Å². The highest BCUT2D eigenvalue weighted by Crippen LogP contribution is 2.32. The molecule has 1 aromatic rings. The van der Waals surface area contributed by atoms with E-state index in [2.05, 4.69) is 0 Å². The first-order valence-corrected chi connectivity index (χ1v) is 4.85. The maximum absolute atomic E-state index is 10.5. The van der Waals surface area contributed by atoms with Crippen molar-refractivity contribution in [3.8, 4) is 0 Å². The summed E-state index contributed by atoms with van der Waals surface area (Å²) in [7, 11) is -4.02. The van der Waals surface area contributed by atoms with E-state index in [-0.39, 0.29) is 13.0 Å². The molecule has 0 atom stereocenters. The van der Waals surface area contributed by atoms with Crippen LogP contribution in [0.25, 0.3) is 0 Å². The summed E-state index contributed by atoms with van der Waals surface area (Å²) in [6.07, 6.45) is 0. The Kier molecular flexibility index (Phi) is 5.62. The van der Waals surface area contributed by atoms with E-state index in [1.165, 1.54) is 12.1 Å². The van der Waals surface area contributed by atoms with Gasteiger partial charge in [0.05, 0.1) is 5.30 Å².